The van der Waals surface area contributed by atoms with E-state index in [9.17, 15) is 19.0 Å². The Morgan fingerprint density at radius 2 is 1.16 bits per heavy atom. The largest absolute Gasteiger partial charge is 0.480 e. The van der Waals surface area contributed by atoms with E-state index in [4.69, 9.17) is 24.8 Å². The van der Waals surface area contributed by atoms with E-state index >= 15 is 0 Å². The number of hydrogen-bond acceptors (Lipinski definition) is 8. The van der Waals surface area contributed by atoms with Crippen LogP contribution in [0.4, 0.5) is 0 Å². The lowest BCUT2D eigenvalue weighted by Gasteiger charge is -2.20. The molecule has 286 valence electrons. The first-order chi connectivity index (χ1) is 23.7. The molecular weight excluding hydrogens is 645 g/mol. The molecule has 0 spiro atoms. The fourth-order valence-electron chi connectivity index (χ4n) is 4.87. The molecule has 0 aromatic rings. The number of hydrogen-bond donors (Lipinski definition) is 3. The predicted octanol–water partition coefficient (Wildman–Crippen LogP) is 9.75. The summed E-state index contributed by atoms with van der Waals surface area (Å²) in [6.45, 7) is 3.75. The topological polar surface area (TPSA) is 155 Å². The van der Waals surface area contributed by atoms with Gasteiger partial charge in [-0.3, -0.25) is 18.6 Å². The second-order valence-corrected chi connectivity index (χ2v) is 14.1. The number of rotatable bonds is 36. The van der Waals surface area contributed by atoms with E-state index in [1.165, 1.54) is 51.4 Å². The lowest BCUT2D eigenvalue weighted by Crippen LogP contribution is -2.34. The van der Waals surface area contributed by atoms with Gasteiger partial charge in [-0.1, -0.05) is 121 Å². The molecule has 0 aliphatic heterocycles. The van der Waals surface area contributed by atoms with Crippen LogP contribution in [0.2, 0.25) is 0 Å². The first-order valence-electron chi connectivity index (χ1n) is 19.0. The maximum atomic E-state index is 12.5. The molecule has 0 bridgehead atoms. The van der Waals surface area contributed by atoms with Gasteiger partial charge in [0.05, 0.1) is 19.8 Å². The van der Waals surface area contributed by atoms with Gasteiger partial charge in [0.1, 0.15) is 12.1 Å². The number of allylic oxidation sites excluding steroid dienone is 6. The zero-order valence-electron chi connectivity index (χ0n) is 30.8. The van der Waals surface area contributed by atoms with Crippen LogP contribution >= 0.6 is 7.82 Å². The van der Waals surface area contributed by atoms with Crippen molar-refractivity contribution in [3.05, 3.63) is 36.5 Å². The van der Waals surface area contributed by atoms with Gasteiger partial charge in [-0.25, -0.2) is 4.57 Å². The second-order valence-electron chi connectivity index (χ2n) is 12.7. The Morgan fingerprint density at radius 3 is 1.76 bits per heavy atom. The second kappa shape index (κ2) is 34.6. The van der Waals surface area contributed by atoms with Crippen molar-refractivity contribution in [3.8, 4) is 0 Å². The van der Waals surface area contributed by atoms with Crippen LogP contribution in [0.1, 0.15) is 155 Å². The summed E-state index contributed by atoms with van der Waals surface area (Å²) in [4.78, 5) is 33.4. The van der Waals surface area contributed by atoms with Gasteiger partial charge in [-0.2, -0.15) is 0 Å². The minimum atomic E-state index is -4.61. The Hall–Kier alpha value is -1.81. The van der Waals surface area contributed by atoms with Gasteiger partial charge < -0.3 is 25.2 Å². The van der Waals surface area contributed by atoms with Gasteiger partial charge in [0.15, 0.2) is 0 Å². The predicted molar refractivity (Wildman–Crippen MR) is 198 cm³/mol. The first-order valence-corrected chi connectivity index (χ1v) is 20.5. The highest BCUT2D eigenvalue weighted by molar-refractivity contribution is 7.47. The van der Waals surface area contributed by atoms with Gasteiger partial charge in [0, 0.05) is 13.0 Å². The summed E-state index contributed by atoms with van der Waals surface area (Å²) < 4.78 is 33.2. The lowest BCUT2D eigenvalue weighted by atomic mass is 10.1. The van der Waals surface area contributed by atoms with Gasteiger partial charge in [-0.15, -0.1) is 0 Å². The molecule has 0 radical (unpaired) electrons. The van der Waals surface area contributed by atoms with Crippen molar-refractivity contribution < 1.29 is 42.7 Å². The van der Waals surface area contributed by atoms with Gasteiger partial charge in [0.25, 0.3) is 0 Å². The van der Waals surface area contributed by atoms with Crippen LogP contribution in [-0.2, 0) is 32.7 Å². The summed E-state index contributed by atoms with van der Waals surface area (Å²) in [6, 6.07) is -1.47. The lowest BCUT2D eigenvalue weighted by molar-refractivity contribution is -0.154. The molecule has 0 heterocycles. The maximum absolute atomic E-state index is 12.5. The van der Waals surface area contributed by atoms with Crippen LogP contribution in [0, 0.1) is 0 Å². The number of unbranched alkanes of at least 4 members (excludes halogenated alkanes) is 16. The summed E-state index contributed by atoms with van der Waals surface area (Å²) in [5, 5.41) is 8.86. The summed E-state index contributed by atoms with van der Waals surface area (Å²) in [5.41, 5.74) is 5.33. The normalized spacial score (nSPS) is 14.5. The fraction of sp³-hybridized carbons (Fsp3) is 0.789. The summed E-state index contributed by atoms with van der Waals surface area (Å²) in [6.07, 6.45) is 36.2. The van der Waals surface area contributed by atoms with Crippen molar-refractivity contribution in [2.24, 2.45) is 5.73 Å². The smallest absolute Gasteiger partial charge is 0.472 e. The number of carbonyl (C=O) groups is 2. The van der Waals surface area contributed by atoms with Crippen molar-refractivity contribution in [1.29, 1.82) is 0 Å². The third kappa shape index (κ3) is 34.4. The van der Waals surface area contributed by atoms with E-state index in [-0.39, 0.29) is 13.0 Å². The molecule has 4 N–H and O–H groups in total. The standard InChI is InChI=1S/C38H70NO9P/c1-3-5-7-9-11-13-15-17-19-21-23-25-27-29-31-45-32-35(33-46-49(43,44)47-34-36(39)38(41)42)48-37(40)30-28-26-24-22-20-18-16-14-12-10-8-6-4-2/h7,9,13-16,35-36H,3-6,8,10-12,17-34,39H2,1-2H3,(H,41,42)(H,43,44)/b9-7-,15-13-,16-14-. The van der Waals surface area contributed by atoms with Gasteiger partial charge >= 0.3 is 19.8 Å². The van der Waals surface area contributed by atoms with Crippen molar-refractivity contribution in [2.75, 3.05) is 26.4 Å². The molecule has 0 fully saturated rings. The number of nitrogens with two attached hydrogens (primary N) is 1. The van der Waals surface area contributed by atoms with E-state index in [0.717, 1.165) is 77.0 Å². The Bertz CT molecular complexity index is 925. The van der Waals surface area contributed by atoms with Crippen molar-refractivity contribution in [2.45, 2.75) is 167 Å². The van der Waals surface area contributed by atoms with Gasteiger partial charge in [-0.05, 0) is 64.2 Å². The highest BCUT2D eigenvalue weighted by Gasteiger charge is 2.27. The molecule has 0 rings (SSSR count). The molecule has 10 nitrogen and oxygen atoms in total. The number of ether oxygens (including phenoxy) is 2. The molecule has 3 unspecified atom stereocenters. The third-order valence-electron chi connectivity index (χ3n) is 7.87. The number of carboxylic acid groups (broad SMARTS) is 1. The summed E-state index contributed by atoms with van der Waals surface area (Å²) >= 11 is 0. The van der Waals surface area contributed by atoms with E-state index in [0.29, 0.717) is 13.0 Å². The number of phosphoric acid groups is 1. The zero-order valence-corrected chi connectivity index (χ0v) is 31.7. The Labute approximate surface area is 297 Å². The highest BCUT2D eigenvalue weighted by atomic mass is 31.2. The molecule has 3 atom stereocenters. The third-order valence-corrected chi connectivity index (χ3v) is 8.82. The quantitative estimate of drug-likeness (QED) is 0.0247. The van der Waals surface area contributed by atoms with Gasteiger partial charge in [0.2, 0.25) is 0 Å². The van der Waals surface area contributed by atoms with E-state index in [1.54, 1.807) is 0 Å². The average molecular weight is 716 g/mol. The van der Waals surface area contributed by atoms with Crippen LogP contribution in [0.15, 0.2) is 36.5 Å². The van der Waals surface area contributed by atoms with Crippen LogP contribution in [0.3, 0.4) is 0 Å². The maximum Gasteiger partial charge on any atom is 0.472 e. The van der Waals surface area contributed by atoms with Crippen molar-refractivity contribution in [3.63, 3.8) is 0 Å². The number of carbonyl (C=O) groups excluding carboxylic acids is 1. The molecular formula is C38H70NO9P. The zero-order chi connectivity index (χ0) is 36.3. The molecule has 0 saturated heterocycles. The fourth-order valence-corrected chi connectivity index (χ4v) is 5.65. The highest BCUT2D eigenvalue weighted by Crippen LogP contribution is 2.43. The molecule has 0 aliphatic rings. The van der Waals surface area contributed by atoms with Crippen LogP contribution < -0.4 is 5.73 Å². The minimum absolute atomic E-state index is 0.00642. The number of carboxylic acids is 1. The molecule has 0 saturated carbocycles. The summed E-state index contributed by atoms with van der Waals surface area (Å²) in [5.74, 6) is -1.80. The van der Waals surface area contributed by atoms with E-state index in [2.05, 4.69) is 54.8 Å². The average Bonchev–Trinajstić information content (AvgIpc) is 3.07. The van der Waals surface area contributed by atoms with Crippen LogP contribution in [0.25, 0.3) is 0 Å². The Morgan fingerprint density at radius 1 is 0.653 bits per heavy atom. The van der Waals surface area contributed by atoms with Crippen LogP contribution in [0.5, 0.6) is 0 Å². The molecule has 0 aliphatic carbocycles. The monoisotopic (exact) mass is 715 g/mol. The number of aliphatic carboxylic acids is 1. The molecule has 11 heteroatoms. The number of esters is 1. The Balaban J connectivity index is 4.34. The van der Waals surface area contributed by atoms with Crippen molar-refractivity contribution in [1.82, 2.24) is 0 Å². The SMILES string of the molecule is CCC/C=C\C/C=C\CCCCCCCCOCC(COP(=O)(O)OCC(N)C(=O)O)OC(=O)CCCCCCC/C=C\CCCCCC. The molecule has 0 amide bonds. The number of phosphoric ester groups is 1. The van der Waals surface area contributed by atoms with Crippen molar-refractivity contribution >= 4 is 19.8 Å². The summed E-state index contributed by atoms with van der Waals surface area (Å²) in [7, 11) is -4.61. The van der Waals surface area contributed by atoms with Crippen LogP contribution in [-0.4, -0.2) is 60.5 Å². The van der Waals surface area contributed by atoms with E-state index in [1.807, 2.05) is 0 Å². The molecule has 0 aromatic heterocycles. The molecule has 49 heavy (non-hydrogen) atoms. The first kappa shape index (κ1) is 47.2. The Kier molecular flexibility index (Phi) is 33.4. The van der Waals surface area contributed by atoms with E-state index < -0.39 is 45.1 Å². The minimum Gasteiger partial charge on any atom is -0.480 e. The molecule has 0 aromatic carbocycles.